The van der Waals surface area contributed by atoms with E-state index in [1.165, 1.54) is 26.4 Å². The first-order valence-corrected chi connectivity index (χ1v) is 10.1. The summed E-state index contributed by atoms with van der Waals surface area (Å²) in [6.07, 6.45) is -2.74. The largest absolute Gasteiger partial charge is 0.496 e. The number of alkyl halides is 3. The number of aromatic nitrogens is 1. The van der Waals surface area contributed by atoms with Gasteiger partial charge in [0.05, 0.1) is 30.9 Å². The van der Waals surface area contributed by atoms with Crippen LogP contribution in [-0.2, 0) is 6.18 Å². The Hall–Kier alpha value is -3.20. The number of pyridine rings is 1. The first kappa shape index (κ1) is 23.5. The van der Waals surface area contributed by atoms with Gasteiger partial charge in [-0.25, -0.2) is 4.98 Å². The molecule has 3 aromatic rings. The molecule has 2 aromatic carbocycles. The SMILES string of the molecule is COc1cc(OC)c2c(Oc3cccc(C(F)(F)F)c3)ccc(NC(C)CCCN)c2n1. The number of nitrogens with zero attached hydrogens (tertiary/aromatic N) is 1. The minimum atomic E-state index is -4.47. The molecule has 6 nitrogen and oxygen atoms in total. The molecule has 0 saturated heterocycles. The molecule has 0 saturated carbocycles. The van der Waals surface area contributed by atoms with Gasteiger partial charge in [-0.05, 0) is 56.6 Å². The lowest BCUT2D eigenvalue weighted by molar-refractivity contribution is -0.137. The van der Waals surface area contributed by atoms with Crippen molar-refractivity contribution < 1.29 is 27.4 Å². The Morgan fingerprint density at radius 1 is 1.06 bits per heavy atom. The van der Waals surface area contributed by atoms with E-state index in [1.807, 2.05) is 6.92 Å². The fourth-order valence-corrected chi connectivity index (χ4v) is 3.35. The van der Waals surface area contributed by atoms with Gasteiger partial charge in [-0.1, -0.05) is 6.07 Å². The van der Waals surface area contributed by atoms with E-state index in [0.717, 1.165) is 30.7 Å². The van der Waals surface area contributed by atoms with E-state index >= 15 is 0 Å². The van der Waals surface area contributed by atoms with E-state index in [2.05, 4.69) is 10.3 Å². The highest BCUT2D eigenvalue weighted by molar-refractivity contribution is 5.99. The minimum Gasteiger partial charge on any atom is -0.496 e. The molecule has 0 amide bonds. The highest BCUT2D eigenvalue weighted by Crippen LogP contribution is 2.42. The molecule has 0 fully saturated rings. The van der Waals surface area contributed by atoms with Gasteiger partial charge in [-0.3, -0.25) is 0 Å². The molecule has 32 heavy (non-hydrogen) atoms. The number of nitrogens with one attached hydrogen (secondary N) is 1. The van der Waals surface area contributed by atoms with Crippen LogP contribution < -0.4 is 25.3 Å². The van der Waals surface area contributed by atoms with E-state index in [4.69, 9.17) is 19.9 Å². The summed E-state index contributed by atoms with van der Waals surface area (Å²) in [6, 6.07) is 9.88. The normalized spacial score (nSPS) is 12.5. The van der Waals surface area contributed by atoms with Gasteiger partial charge in [0.25, 0.3) is 0 Å². The molecule has 0 radical (unpaired) electrons. The van der Waals surface area contributed by atoms with Crippen LogP contribution in [0.3, 0.4) is 0 Å². The zero-order valence-corrected chi connectivity index (χ0v) is 18.1. The Balaban J connectivity index is 2.09. The van der Waals surface area contributed by atoms with Crippen molar-refractivity contribution in [1.82, 2.24) is 4.98 Å². The van der Waals surface area contributed by atoms with Crippen molar-refractivity contribution in [3.8, 4) is 23.1 Å². The summed E-state index contributed by atoms with van der Waals surface area (Å²) in [7, 11) is 2.99. The zero-order valence-electron chi connectivity index (χ0n) is 18.1. The molecular weight excluding hydrogens is 423 g/mol. The number of anilines is 1. The van der Waals surface area contributed by atoms with Crippen molar-refractivity contribution in [2.45, 2.75) is 32.0 Å². The zero-order chi connectivity index (χ0) is 23.3. The van der Waals surface area contributed by atoms with Gasteiger partial charge in [0.1, 0.15) is 22.8 Å². The van der Waals surface area contributed by atoms with Crippen molar-refractivity contribution in [3.05, 3.63) is 48.0 Å². The summed E-state index contributed by atoms with van der Waals surface area (Å²) in [4.78, 5) is 4.55. The first-order chi connectivity index (χ1) is 15.3. The molecule has 0 aliphatic carbocycles. The Morgan fingerprint density at radius 2 is 1.84 bits per heavy atom. The molecule has 1 heterocycles. The predicted molar refractivity (Wildman–Crippen MR) is 118 cm³/mol. The van der Waals surface area contributed by atoms with Gasteiger partial charge in [-0.15, -0.1) is 0 Å². The second kappa shape index (κ2) is 9.95. The van der Waals surface area contributed by atoms with Gasteiger partial charge in [0.15, 0.2) is 0 Å². The van der Waals surface area contributed by atoms with Crippen LogP contribution in [0.4, 0.5) is 18.9 Å². The summed E-state index contributed by atoms with van der Waals surface area (Å²) in [5.74, 6) is 1.12. The predicted octanol–water partition coefficient (Wildman–Crippen LogP) is 5.60. The average Bonchev–Trinajstić information content (AvgIpc) is 2.78. The second-order valence-electron chi connectivity index (χ2n) is 7.31. The lowest BCUT2D eigenvalue weighted by atomic mass is 10.1. The molecule has 3 rings (SSSR count). The molecule has 0 aliphatic heterocycles. The van der Waals surface area contributed by atoms with Gasteiger partial charge in [-0.2, -0.15) is 13.2 Å². The van der Waals surface area contributed by atoms with Crippen LogP contribution in [0, 0.1) is 0 Å². The molecule has 3 N–H and O–H groups in total. The Morgan fingerprint density at radius 3 is 2.50 bits per heavy atom. The van der Waals surface area contributed by atoms with E-state index in [1.54, 1.807) is 18.2 Å². The van der Waals surface area contributed by atoms with E-state index in [9.17, 15) is 13.2 Å². The van der Waals surface area contributed by atoms with Gasteiger partial charge >= 0.3 is 6.18 Å². The van der Waals surface area contributed by atoms with E-state index in [-0.39, 0.29) is 11.8 Å². The number of nitrogens with two attached hydrogens (primary N) is 1. The Kier molecular flexibility index (Phi) is 7.29. The number of ether oxygens (including phenoxy) is 3. The molecule has 1 aromatic heterocycles. The smallest absolute Gasteiger partial charge is 0.416 e. The topological polar surface area (TPSA) is 78.6 Å². The average molecular weight is 449 g/mol. The van der Waals surface area contributed by atoms with Crippen LogP contribution in [0.2, 0.25) is 0 Å². The standard InChI is InChI=1S/C23H26F3N3O3/c1-14(6-5-11-27)28-17-9-10-18(21-19(30-2)13-20(31-3)29-22(17)21)32-16-8-4-7-15(12-16)23(24,25)26/h4,7-10,12-14,28H,5-6,11,27H2,1-3H3. The third-order valence-electron chi connectivity index (χ3n) is 4.92. The molecule has 0 spiro atoms. The van der Waals surface area contributed by atoms with Gasteiger partial charge in [0, 0.05) is 12.1 Å². The van der Waals surface area contributed by atoms with Crippen molar-refractivity contribution in [1.29, 1.82) is 0 Å². The summed E-state index contributed by atoms with van der Waals surface area (Å²) in [5.41, 5.74) is 6.05. The van der Waals surface area contributed by atoms with Crippen molar-refractivity contribution in [3.63, 3.8) is 0 Å². The number of halogens is 3. The van der Waals surface area contributed by atoms with Crippen LogP contribution in [-0.4, -0.2) is 31.8 Å². The maximum atomic E-state index is 13.1. The molecule has 1 atom stereocenters. The Labute approximate surface area is 184 Å². The lowest BCUT2D eigenvalue weighted by Gasteiger charge is -2.19. The quantitative estimate of drug-likeness (QED) is 0.443. The summed E-state index contributed by atoms with van der Waals surface area (Å²) < 4.78 is 56.0. The van der Waals surface area contributed by atoms with Crippen LogP contribution in [0.5, 0.6) is 23.1 Å². The van der Waals surface area contributed by atoms with Crippen molar-refractivity contribution in [2.24, 2.45) is 5.73 Å². The van der Waals surface area contributed by atoms with E-state index in [0.29, 0.717) is 34.8 Å². The highest BCUT2D eigenvalue weighted by Gasteiger charge is 2.30. The van der Waals surface area contributed by atoms with Crippen LogP contribution in [0.25, 0.3) is 10.9 Å². The fourth-order valence-electron chi connectivity index (χ4n) is 3.35. The number of benzene rings is 2. The molecule has 0 bridgehead atoms. The van der Waals surface area contributed by atoms with Gasteiger partial charge < -0.3 is 25.3 Å². The third-order valence-corrected chi connectivity index (χ3v) is 4.92. The monoisotopic (exact) mass is 449 g/mol. The third kappa shape index (κ3) is 5.34. The number of methoxy groups -OCH3 is 2. The summed E-state index contributed by atoms with van der Waals surface area (Å²) in [6.45, 7) is 2.63. The number of fused-ring (bicyclic) bond motifs is 1. The highest BCUT2D eigenvalue weighted by atomic mass is 19.4. The molecule has 172 valence electrons. The molecule has 9 heteroatoms. The van der Waals surface area contributed by atoms with Crippen molar-refractivity contribution >= 4 is 16.6 Å². The van der Waals surface area contributed by atoms with E-state index < -0.39 is 11.7 Å². The number of rotatable bonds is 9. The molecule has 1 unspecified atom stereocenters. The maximum absolute atomic E-state index is 13.1. The first-order valence-electron chi connectivity index (χ1n) is 10.1. The number of hydrogen-bond donors (Lipinski definition) is 2. The van der Waals surface area contributed by atoms with Crippen LogP contribution in [0.15, 0.2) is 42.5 Å². The van der Waals surface area contributed by atoms with Gasteiger partial charge in [0.2, 0.25) is 5.88 Å². The lowest BCUT2D eigenvalue weighted by Crippen LogP contribution is -2.17. The minimum absolute atomic E-state index is 0.0519. The molecular formula is C23H26F3N3O3. The maximum Gasteiger partial charge on any atom is 0.416 e. The number of hydrogen-bond acceptors (Lipinski definition) is 6. The second-order valence-corrected chi connectivity index (χ2v) is 7.31. The summed E-state index contributed by atoms with van der Waals surface area (Å²) >= 11 is 0. The van der Waals surface area contributed by atoms with Crippen LogP contribution >= 0.6 is 0 Å². The van der Waals surface area contributed by atoms with Crippen molar-refractivity contribution in [2.75, 3.05) is 26.1 Å². The fraction of sp³-hybridized carbons (Fsp3) is 0.348. The summed E-state index contributed by atoms with van der Waals surface area (Å²) in [5, 5.41) is 3.92. The van der Waals surface area contributed by atoms with Crippen LogP contribution in [0.1, 0.15) is 25.3 Å². The Bertz CT molecular complexity index is 1070. The molecule has 0 aliphatic rings.